The molecule has 30 heavy (non-hydrogen) atoms. The lowest BCUT2D eigenvalue weighted by atomic mass is 9.74. The van der Waals surface area contributed by atoms with Crippen molar-refractivity contribution < 1.29 is 14.3 Å². The molecule has 0 saturated carbocycles. The molecule has 2 aromatic carbocycles. The number of amides is 1. The van der Waals surface area contributed by atoms with Crippen molar-refractivity contribution in [1.29, 1.82) is 0 Å². The number of rotatable bonds is 6. The Morgan fingerprint density at radius 2 is 1.70 bits per heavy atom. The summed E-state index contributed by atoms with van der Waals surface area (Å²) in [6, 6.07) is 15.4. The first-order chi connectivity index (χ1) is 14.5. The maximum absolute atomic E-state index is 13.2. The Balaban J connectivity index is 1.47. The van der Waals surface area contributed by atoms with Crippen LogP contribution in [0.2, 0.25) is 0 Å². The molecule has 1 N–H and O–H groups in total. The number of nitrogens with one attached hydrogen (secondary N) is 1. The molecule has 0 aliphatic carbocycles. The first-order valence-electron chi connectivity index (χ1n) is 11.2. The number of ether oxygens (including phenoxy) is 2. The molecule has 2 aliphatic heterocycles. The van der Waals surface area contributed by atoms with E-state index in [1.165, 1.54) is 27.8 Å². The average molecular weight is 408 g/mol. The molecule has 0 radical (unpaired) electrons. The number of carbonyl (C=O) groups excluding carboxylic acids is 1. The lowest BCUT2D eigenvalue weighted by Gasteiger charge is -2.36. The van der Waals surface area contributed by atoms with Gasteiger partial charge in [0.15, 0.2) is 0 Å². The molecule has 0 aromatic heterocycles. The minimum Gasteiger partial charge on any atom is -0.381 e. The van der Waals surface area contributed by atoms with E-state index in [0.717, 1.165) is 38.7 Å². The van der Waals surface area contributed by atoms with E-state index in [2.05, 4.69) is 61.6 Å². The van der Waals surface area contributed by atoms with Gasteiger partial charge in [-0.25, -0.2) is 0 Å². The molecule has 1 amide bonds. The average Bonchev–Trinajstić information content (AvgIpc) is 3.26. The Labute approximate surface area is 180 Å². The predicted octanol–water partition coefficient (Wildman–Crippen LogP) is 4.60. The summed E-state index contributed by atoms with van der Waals surface area (Å²) in [5.74, 6) is 0.152. The minimum atomic E-state index is -0.391. The molecular weight excluding hydrogens is 374 g/mol. The highest BCUT2D eigenvalue weighted by Crippen LogP contribution is 2.35. The van der Waals surface area contributed by atoms with Gasteiger partial charge in [0, 0.05) is 26.4 Å². The summed E-state index contributed by atoms with van der Waals surface area (Å²) in [5, 5.41) is 3.19. The number of hydrogen-bond acceptors (Lipinski definition) is 3. The molecule has 2 heterocycles. The Hall–Kier alpha value is -2.17. The van der Waals surface area contributed by atoms with Gasteiger partial charge in [-0.3, -0.25) is 4.79 Å². The van der Waals surface area contributed by atoms with Crippen LogP contribution in [-0.2, 0) is 20.7 Å². The molecule has 2 aliphatic rings. The van der Waals surface area contributed by atoms with Crippen LogP contribution in [0.3, 0.4) is 0 Å². The van der Waals surface area contributed by atoms with E-state index in [0.29, 0.717) is 19.8 Å². The third-order valence-corrected chi connectivity index (χ3v) is 6.50. The van der Waals surface area contributed by atoms with Gasteiger partial charge < -0.3 is 14.8 Å². The van der Waals surface area contributed by atoms with Crippen molar-refractivity contribution in [3.05, 3.63) is 59.2 Å². The Bertz CT molecular complexity index is 842. The fourth-order valence-corrected chi connectivity index (χ4v) is 4.79. The molecule has 4 heteroatoms. The maximum atomic E-state index is 13.2. The van der Waals surface area contributed by atoms with Crippen LogP contribution in [0.1, 0.15) is 42.4 Å². The summed E-state index contributed by atoms with van der Waals surface area (Å²) in [7, 11) is 0. The summed E-state index contributed by atoms with van der Waals surface area (Å²) < 4.78 is 11.3. The first kappa shape index (κ1) is 21.1. The van der Waals surface area contributed by atoms with Crippen LogP contribution >= 0.6 is 0 Å². The van der Waals surface area contributed by atoms with Crippen molar-refractivity contribution in [2.24, 2.45) is 5.41 Å². The van der Waals surface area contributed by atoms with Crippen molar-refractivity contribution in [3.8, 4) is 11.1 Å². The van der Waals surface area contributed by atoms with Gasteiger partial charge >= 0.3 is 0 Å². The van der Waals surface area contributed by atoms with Gasteiger partial charge in [0.2, 0.25) is 5.91 Å². The fourth-order valence-electron chi connectivity index (χ4n) is 4.79. The van der Waals surface area contributed by atoms with Crippen LogP contribution in [-0.4, -0.2) is 38.4 Å². The predicted molar refractivity (Wildman–Crippen MR) is 120 cm³/mol. The molecule has 4 nitrogen and oxygen atoms in total. The largest absolute Gasteiger partial charge is 0.381 e. The van der Waals surface area contributed by atoms with Crippen LogP contribution in [0.5, 0.6) is 0 Å². The summed E-state index contributed by atoms with van der Waals surface area (Å²) in [4.78, 5) is 13.2. The topological polar surface area (TPSA) is 47.6 Å². The zero-order chi connectivity index (χ0) is 21.0. The van der Waals surface area contributed by atoms with E-state index < -0.39 is 5.41 Å². The second-order valence-electron chi connectivity index (χ2n) is 8.99. The first-order valence-corrected chi connectivity index (χ1v) is 11.2. The summed E-state index contributed by atoms with van der Waals surface area (Å²) in [6.07, 6.45) is 4.58. The van der Waals surface area contributed by atoms with E-state index in [4.69, 9.17) is 9.47 Å². The lowest BCUT2D eigenvalue weighted by molar-refractivity contribution is -0.137. The van der Waals surface area contributed by atoms with Crippen molar-refractivity contribution in [3.63, 3.8) is 0 Å². The van der Waals surface area contributed by atoms with E-state index in [9.17, 15) is 4.79 Å². The zero-order valence-corrected chi connectivity index (χ0v) is 18.2. The van der Waals surface area contributed by atoms with Crippen molar-refractivity contribution in [2.45, 2.75) is 52.1 Å². The summed E-state index contributed by atoms with van der Waals surface area (Å²) in [5.41, 5.74) is 5.83. The Morgan fingerprint density at radius 3 is 2.33 bits per heavy atom. The van der Waals surface area contributed by atoms with Crippen molar-refractivity contribution >= 4 is 5.91 Å². The van der Waals surface area contributed by atoms with Gasteiger partial charge in [0.1, 0.15) is 0 Å². The third kappa shape index (κ3) is 4.93. The van der Waals surface area contributed by atoms with Crippen molar-refractivity contribution in [2.75, 3.05) is 26.4 Å². The van der Waals surface area contributed by atoms with Crippen LogP contribution in [0.4, 0.5) is 0 Å². The molecule has 2 saturated heterocycles. The minimum absolute atomic E-state index is 0.152. The third-order valence-electron chi connectivity index (χ3n) is 6.50. The maximum Gasteiger partial charge on any atom is 0.226 e. The van der Waals surface area contributed by atoms with Crippen LogP contribution < -0.4 is 5.32 Å². The number of carbonyl (C=O) groups is 1. The van der Waals surface area contributed by atoms with Gasteiger partial charge in [-0.1, -0.05) is 53.6 Å². The molecule has 0 bridgehead atoms. The van der Waals surface area contributed by atoms with Crippen LogP contribution in [0.25, 0.3) is 11.1 Å². The zero-order valence-electron chi connectivity index (χ0n) is 18.2. The van der Waals surface area contributed by atoms with Gasteiger partial charge in [0.05, 0.1) is 11.5 Å². The molecule has 160 valence electrons. The quantitative estimate of drug-likeness (QED) is 0.761. The number of aryl methyl sites for hydroxylation is 2. The van der Waals surface area contributed by atoms with E-state index in [1.807, 2.05) is 0 Å². The smallest absolute Gasteiger partial charge is 0.226 e. The number of hydrogen-bond donors (Lipinski definition) is 1. The van der Waals surface area contributed by atoms with E-state index in [-0.39, 0.29) is 12.0 Å². The van der Waals surface area contributed by atoms with Crippen LogP contribution in [0, 0.1) is 19.3 Å². The van der Waals surface area contributed by atoms with Gasteiger partial charge in [-0.2, -0.15) is 0 Å². The normalized spacial score (nSPS) is 20.8. The standard InChI is InChI=1S/C26H33NO3/c1-19-14-20(2)16-23(15-19)22-7-5-21(6-8-22)17-26(9-12-29-13-10-26)25(28)27-18-24-4-3-11-30-24/h5-8,14-16,24H,3-4,9-13,17-18H2,1-2H3,(H,27,28)/t24-/m0/s1. The molecule has 2 aromatic rings. The van der Waals surface area contributed by atoms with Gasteiger partial charge in [0.25, 0.3) is 0 Å². The summed E-state index contributed by atoms with van der Waals surface area (Å²) in [6.45, 7) is 6.99. The Morgan fingerprint density at radius 1 is 1.00 bits per heavy atom. The molecule has 2 fully saturated rings. The lowest BCUT2D eigenvalue weighted by Crippen LogP contribution is -2.47. The van der Waals surface area contributed by atoms with E-state index in [1.54, 1.807) is 0 Å². The highest BCUT2D eigenvalue weighted by molar-refractivity contribution is 5.83. The second kappa shape index (κ2) is 9.32. The van der Waals surface area contributed by atoms with Crippen molar-refractivity contribution in [1.82, 2.24) is 5.32 Å². The van der Waals surface area contributed by atoms with Gasteiger partial charge in [-0.05, 0) is 62.6 Å². The molecule has 0 spiro atoms. The SMILES string of the molecule is Cc1cc(C)cc(-c2ccc(CC3(C(=O)NC[C@@H]4CCCO4)CCOCC3)cc2)c1. The summed E-state index contributed by atoms with van der Waals surface area (Å²) >= 11 is 0. The molecule has 4 rings (SSSR count). The monoisotopic (exact) mass is 407 g/mol. The van der Waals surface area contributed by atoms with Crippen LogP contribution in [0.15, 0.2) is 42.5 Å². The fraction of sp³-hybridized carbons (Fsp3) is 0.500. The van der Waals surface area contributed by atoms with Gasteiger partial charge in [-0.15, -0.1) is 0 Å². The molecular formula is C26H33NO3. The second-order valence-corrected chi connectivity index (χ2v) is 8.99. The van der Waals surface area contributed by atoms with E-state index >= 15 is 0 Å². The molecule has 0 unspecified atom stereocenters. The number of benzene rings is 2. The highest BCUT2D eigenvalue weighted by Gasteiger charge is 2.40. The molecule has 1 atom stereocenters. The Kier molecular flexibility index (Phi) is 6.55. The highest BCUT2D eigenvalue weighted by atomic mass is 16.5.